The molecule has 0 aliphatic heterocycles. The van der Waals surface area contributed by atoms with Crippen molar-refractivity contribution in [2.45, 2.75) is 80.7 Å². The Hall–Kier alpha value is -1.66. The van der Waals surface area contributed by atoms with Gasteiger partial charge < -0.3 is 14.6 Å². The number of hydrogen-bond donors (Lipinski definition) is 2. The zero-order valence-corrected chi connectivity index (χ0v) is 20.8. The second-order valence-electron chi connectivity index (χ2n) is 9.29. The first-order chi connectivity index (χ1) is 16.7. The Bertz CT molecular complexity index is 968. The molecule has 18 heteroatoms. The van der Waals surface area contributed by atoms with Crippen molar-refractivity contribution in [2.75, 3.05) is 13.2 Å². The van der Waals surface area contributed by atoms with Gasteiger partial charge in [-0.25, -0.2) is 4.79 Å². The van der Waals surface area contributed by atoms with E-state index in [-0.39, 0.29) is 0 Å². The monoisotopic (exact) mass is 600 g/mol. The van der Waals surface area contributed by atoms with E-state index in [1.165, 1.54) is 0 Å². The summed E-state index contributed by atoms with van der Waals surface area (Å²) in [4.78, 5) is 12.2. The van der Waals surface area contributed by atoms with Gasteiger partial charge in [0.15, 0.2) is 5.60 Å². The number of halogens is 10. The van der Waals surface area contributed by atoms with Crippen LogP contribution < -0.4 is 0 Å². The molecule has 2 unspecified atom stereocenters. The van der Waals surface area contributed by atoms with Crippen LogP contribution in [-0.4, -0.2) is 72.0 Å². The van der Waals surface area contributed by atoms with E-state index in [0.29, 0.717) is 13.8 Å². The number of carbonyl (C=O) groups excluding carboxylic acids is 1. The number of hydrogen-bond acceptors (Lipinski definition) is 6. The van der Waals surface area contributed by atoms with Crippen LogP contribution in [-0.2, 0) is 24.4 Å². The molecule has 1 aliphatic rings. The maximum absolute atomic E-state index is 13.9. The summed E-state index contributed by atoms with van der Waals surface area (Å²) < 4.78 is 172. The van der Waals surface area contributed by atoms with E-state index < -0.39 is 114 Å². The molecule has 0 heterocycles. The van der Waals surface area contributed by atoms with Gasteiger partial charge in [0, 0.05) is 12.3 Å². The van der Waals surface area contributed by atoms with Crippen molar-refractivity contribution in [1.29, 1.82) is 0 Å². The van der Waals surface area contributed by atoms with Crippen molar-refractivity contribution in [3.63, 3.8) is 0 Å². The smallest absolute Gasteiger partial charge is 0.431 e. The van der Waals surface area contributed by atoms with Crippen LogP contribution in [0.4, 0.5) is 43.9 Å². The fraction of sp³-hybridized carbons (Fsp3) is 0.850. The molecule has 224 valence electrons. The zero-order chi connectivity index (χ0) is 30.2. The Kier molecular flexibility index (Phi) is 10.0. The van der Waals surface area contributed by atoms with Crippen LogP contribution in [0.3, 0.4) is 0 Å². The molecule has 0 radical (unpaired) electrons. The fourth-order valence-electron chi connectivity index (χ4n) is 3.86. The number of alkyl halides is 10. The summed E-state index contributed by atoms with van der Waals surface area (Å²) in [7, 11) is -6.50. The predicted octanol–water partition coefficient (Wildman–Crippen LogP) is 5.05. The molecular formula is C20H26F10O7S. The van der Waals surface area contributed by atoms with Crippen molar-refractivity contribution >= 4 is 16.1 Å². The summed E-state index contributed by atoms with van der Waals surface area (Å²) in [5, 5.41) is 3.92. The average Bonchev–Trinajstić information content (AvgIpc) is 2.74. The summed E-state index contributed by atoms with van der Waals surface area (Å²) >= 11 is 0. The fourth-order valence-corrected chi connectivity index (χ4v) is 4.34. The van der Waals surface area contributed by atoms with Crippen LogP contribution in [0.1, 0.15) is 46.0 Å². The van der Waals surface area contributed by atoms with E-state index in [1.54, 1.807) is 0 Å². The molecule has 0 aromatic rings. The lowest BCUT2D eigenvalue weighted by Gasteiger charge is -2.44. The van der Waals surface area contributed by atoms with Gasteiger partial charge in [-0.05, 0) is 45.4 Å². The minimum Gasteiger partial charge on any atom is -0.446 e. The van der Waals surface area contributed by atoms with Gasteiger partial charge in [-0.2, -0.15) is 52.3 Å². The van der Waals surface area contributed by atoms with Gasteiger partial charge in [0.2, 0.25) is 5.60 Å². The summed E-state index contributed by atoms with van der Waals surface area (Å²) in [5.74, 6) is -9.99. The Balaban J connectivity index is 2.82. The highest BCUT2D eigenvalue weighted by Crippen LogP contribution is 2.50. The Labute approximate surface area is 210 Å². The molecule has 0 aromatic heterocycles. The predicted molar refractivity (Wildman–Crippen MR) is 109 cm³/mol. The Morgan fingerprint density at radius 3 is 1.74 bits per heavy atom. The van der Waals surface area contributed by atoms with E-state index in [1.807, 2.05) is 0 Å². The molecule has 7 nitrogen and oxygen atoms in total. The van der Waals surface area contributed by atoms with Crippen molar-refractivity contribution in [1.82, 2.24) is 0 Å². The quantitative estimate of drug-likeness (QED) is 0.112. The highest BCUT2D eigenvalue weighted by Gasteiger charge is 2.65. The lowest BCUT2D eigenvalue weighted by molar-refractivity contribution is -0.292. The summed E-state index contributed by atoms with van der Waals surface area (Å²) in [6, 6.07) is 0. The Morgan fingerprint density at radius 1 is 0.895 bits per heavy atom. The van der Waals surface area contributed by atoms with Gasteiger partial charge in [-0.1, -0.05) is 6.58 Å². The lowest BCUT2D eigenvalue weighted by Crippen LogP contribution is -2.55. The van der Waals surface area contributed by atoms with Crippen LogP contribution in [0.2, 0.25) is 0 Å². The van der Waals surface area contributed by atoms with Crippen molar-refractivity contribution in [3.05, 3.63) is 12.2 Å². The SMILES string of the molecule is C=C(COCCC(F)(F)C(F)(F)S(=O)(=O)O)C(=O)OC(C)(C1CCC(C(C)(O)C(F)(F)F)CC1)C(F)(F)F. The molecule has 38 heavy (non-hydrogen) atoms. The van der Waals surface area contributed by atoms with Gasteiger partial charge >= 0.3 is 39.6 Å². The number of carbonyl (C=O) groups is 1. The summed E-state index contributed by atoms with van der Waals surface area (Å²) in [6.45, 7) is 1.60. The third kappa shape index (κ3) is 7.10. The first-order valence-corrected chi connectivity index (χ1v) is 12.2. The Morgan fingerprint density at radius 2 is 1.34 bits per heavy atom. The van der Waals surface area contributed by atoms with E-state index in [0.717, 1.165) is 0 Å². The van der Waals surface area contributed by atoms with Gasteiger partial charge in [0.25, 0.3) is 0 Å². The van der Waals surface area contributed by atoms with Crippen LogP contribution >= 0.6 is 0 Å². The zero-order valence-electron chi connectivity index (χ0n) is 19.9. The minimum atomic E-state index is -6.50. The van der Waals surface area contributed by atoms with Gasteiger partial charge in [0.1, 0.15) is 0 Å². The number of esters is 1. The second kappa shape index (κ2) is 11.1. The normalized spacial score (nSPS) is 23.3. The van der Waals surface area contributed by atoms with Gasteiger partial charge in [-0.3, -0.25) is 4.55 Å². The van der Waals surface area contributed by atoms with E-state index >= 15 is 0 Å². The van der Waals surface area contributed by atoms with Gasteiger partial charge in [0.05, 0.1) is 18.8 Å². The van der Waals surface area contributed by atoms with Crippen molar-refractivity contribution < 1.29 is 76.2 Å². The van der Waals surface area contributed by atoms with Crippen LogP contribution in [0.15, 0.2) is 12.2 Å². The molecule has 2 atom stereocenters. The van der Waals surface area contributed by atoms with Crippen molar-refractivity contribution in [3.8, 4) is 0 Å². The van der Waals surface area contributed by atoms with Crippen LogP contribution in [0.25, 0.3) is 0 Å². The molecule has 1 fully saturated rings. The third-order valence-corrected chi connectivity index (χ3v) is 7.56. The maximum Gasteiger partial charge on any atom is 0.431 e. The van der Waals surface area contributed by atoms with E-state index in [4.69, 9.17) is 4.55 Å². The first-order valence-electron chi connectivity index (χ1n) is 10.8. The molecule has 1 saturated carbocycles. The third-order valence-electron chi connectivity index (χ3n) is 6.62. The second-order valence-corrected chi connectivity index (χ2v) is 10.8. The summed E-state index contributed by atoms with van der Waals surface area (Å²) in [5.41, 5.74) is -7.26. The first kappa shape index (κ1) is 34.4. The van der Waals surface area contributed by atoms with E-state index in [9.17, 15) is 62.2 Å². The molecule has 2 N–H and O–H groups in total. The molecular weight excluding hydrogens is 574 g/mol. The molecule has 1 aliphatic carbocycles. The number of rotatable bonds is 11. The summed E-state index contributed by atoms with van der Waals surface area (Å²) in [6.07, 6.45) is -14.2. The highest BCUT2D eigenvalue weighted by atomic mass is 32.2. The number of aliphatic hydroxyl groups is 1. The molecule has 0 amide bonds. The average molecular weight is 600 g/mol. The molecule has 0 saturated heterocycles. The lowest BCUT2D eigenvalue weighted by atomic mass is 9.69. The minimum absolute atomic E-state index is 0.476. The topological polar surface area (TPSA) is 110 Å². The van der Waals surface area contributed by atoms with Crippen LogP contribution in [0.5, 0.6) is 0 Å². The van der Waals surface area contributed by atoms with E-state index in [2.05, 4.69) is 16.1 Å². The highest BCUT2D eigenvalue weighted by molar-refractivity contribution is 7.87. The van der Waals surface area contributed by atoms with Gasteiger partial charge in [-0.15, -0.1) is 0 Å². The molecule has 0 bridgehead atoms. The van der Waals surface area contributed by atoms with Crippen molar-refractivity contribution in [2.24, 2.45) is 11.8 Å². The molecule has 0 aromatic carbocycles. The molecule has 0 spiro atoms. The van der Waals surface area contributed by atoms with Crippen LogP contribution in [0, 0.1) is 11.8 Å². The number of ether oxygens (including phenoxy) is 2. The molecule has 1 rings (SSSR count). The maximum atomic E-state index is 13.9. The largest absolute Gasteiger partial charge is 0.446 e. The standard InChI is InChI=1S/C20H26F10O7S/c1-11(10-36-9-8-17(21,22)20(29,30)38(33,34)35)14(31)37-16(3,19(26,27)28)13-6-4-12(5-7-13)15(2,32)18(23,24)25/h12-13,32H,1,4-10H2,2-3H3,(H,33,34,35).